The molecular formula is C45H61F2N7O6. The fraction of sp³-hybridized carbons (Fsp3) is 0.533. The number of β-amino-alcohol motifs (C(OH)–C–C–N with tert-alkyl or cyclic N) is 1. The highest BCUT2D eigenvalue weighted by Crippen LogP contribution is 2.38. The lowest BCUT2D eigenvalue weighted by Crippen LogP contribution is -2.50. The Balaban J connectivity index is 0.000000937. The zero-order valence-corrected chi connectivity index (χ0v) is 35.6. The lowest BCUT2D eigenvalue weighted by molar-refractivity contribution is -0.117. The Morgan fingerprint density at radius 3 is 2.08 bits per heavy atom. The Morgan fingerprint density at radius 2 is 1.53 bits per heavy atom. The van der Waals surface area contributed by atoms with Crippen LogP contribution in [-0.2, 0) is 21.6 Å². The molecule has 1 unspecified atom stereocenters. The van der Waals surface area contributed by atoms with Gasteiger partial charge in [-0.15, -0.1) is 0 Å². The van der Waals surface area contributed by atoms with Crippen molar-refractivity contribution < 1.29 is 38.0 Å². The van der Waals surface area contributed by atoms with Crippen molar-refractivity contribution in [3.05, 3.63) is 96.6 Å². The van der Waals surface area contributed by atoms with Crippen LogP contribution < -0.4 is 19.4 Å². The molecule has 4 aromatic rings. The van der Waals surface area contributed by atoms with Gasteiger partial charge >= 0.3 is 6.03 Å². The monoisotopic (exact) mass is 833 g/mol. The van der Waals surface area contributed by atoms with Crippen molar-refractivity contribution >= 4 is 23.1 Å². The first-order chi connectivity index (χ1) is 28.9. The van der Waals surface area contributed by atoms with E-state index in [4.69, 9.17) is 19.3 Å². The second-order valence-corrected chi connectivity index (χ2v) is 16.1. The number of hydrogen-bond donors (Lipinski definition) is 2. The van der Waals surface area contributed by atoms with Crippen LogP contribution in [0, 0.1) is 11.6 Å². The lowest BCUT2D eigenvalue weighted by Gasteiger charge is -2.37. The summed E-state index contributed by atoms with van der Waals surface area (Å²) in [6, 6.07) is 19.1. The van der Waals surface area contributed by atoms with Gasteiger partial charge in [0.05, 0.1) is 25.8 Å². The van der Waals surface area contributed by atoms with Crippen molar-refractivity contribution in [3.8, 4) is 5.75 Å². The molecule has 60 heavy (non-hydrogen) atoms. The van der Waals surface area contributed by atoms with Crippen LogP contribution in [0.2, 0.25) is 0 Å². The number of amides is 2. The van der Waals surface area contributed by atoms with Crippen molar-refractivity contribution in [2.75, 3.05) is 60.6 Å². The van der Waals surface area contributed by atoms with E-state index in [1.165, 1.54) is 29.5 Å². The zero-order valence-electron chi connectivity index (χ0n) is 35.6. The molecule has 0 radical (unpaired) electrons. The van der Waals surface area contributed by atoms with E-state index in [0.29, 0.717) is 12.2 Å². The molecule has 0 saturated carbocycles. The van der Waals surface area contributed by atoms with Gasteiger partial charge in [0.25, 0.3) is 0 Å². The smallest absolute Gasteiger partial charge is 0.327 e. The third-order valence-corrected chi connectivity index (χ3v) is 11.5. The minimum atomic E-state index is -1.24. The second kappa shape index (κ2) is 20.2. The fourth-order valence-corrected chi connectivity index (χ4v) is 8.11. The maximum Gasteiger partial charge on any atom is 0.327 e. The third kappa shape index (κ3) is 10.5. The SMILES string of the molecule is CCC(O)CC.CCCCCC1(O)CN(c2ccc(N3CCN(c4ccc(OC[C@H]5OC[C@](Cn6cncn6)(c6ccc(F)cc6F)O5)cc4)CC3)cc2)C(=O)N1C(C)C. The number of urea groups is 1. The van der Waals surface area contributed by atoms with E-state index in [-0.39, 0.29) is 50.0 Å². The van der Waals surface area contributed by atoms with Crippen LogP contribution in [0.25, 0.3) is 0 Å². The van der Waals surface area contributed by atoms with Crippen molar-refractivity contribution in [1.29, 1.82) is 0 Å². The molecule has 15 heteroatoms. The molecule has 0 spiro atoms. The van der Waals surface area contributed by atoms with E-state index in [9.17, 15) is 18.7 Å². The van der Waals surface area contributed by atoms with Gasteiger partial charge in [0.15, 0.2) is 12.0 Å². The molecular weight excluding hydrogens is 773 g/mol. The molecule has 7 rings (SSSR count). The molecule has 0 bridgehead atoms. The lowest BCUT2D eigenvalue weighted by atomic mass is 9.94. The minimum Gasteiger partial charge on any atom is -0.488 e. The third-order valence-electron chi connectivity index (χ3n) is 11.5. The summed E-state index contributed by atoms with van der Waals surface area (Å²) >= 11 is 0. The zero-order chi connectivity index (χ0) is 42.9. The van der Waals surface area contributed by atoms with Gasteiger partial charge in [-0.25, -0.2) is 23.2 Å². The van der Waals surface area contributed by atoms with Crippen molar-refractivity contribution in [3.63, 3.8) is 0 Å². The van der Waals surface area contributed by atoms with E-state index in [1.807, 2.05) is 64.1 Å². The van der Waals surface area contributed by atoms with Gasteiger partial charge in [0.1, 0.15) is 42.2 Å². The topological polar surface area (TPSA) is 129 Å². The van der Waals surface area contributed by atoms with Gasteiger partial charge < -0.3 is 34.2 Å². The van der Waals surface area contributed by atoms with Gasteiger partial charge in [-0.2, -0.15) is 5.10 Å². The number of carbonyl (C=O) groups excluding carboxylic acids is 1. The van der Waals surface area contributed by atoms with Crippen LogP contribution in [0.15, 0.2) is 79.4 Å². The number of piperazine rings is 1. The van der Waals surface area contributed by atoms with Gasteiger partial charge in [-0.3, -0.25) is 9.80 Å². The molecule has 3 saturated heterocycles. The van der Waals surface area contributed by atoms with E-state index in [2.05, 4.69) is 38.9 Å². The number of rotatable bonds is 16. The number of unbranched alkanes of at least 4 members (excludes halogenated alkanes) is 2. The van der Waals surface area contributed by atoms with Crippen LogP contribution in [0.3, 0.4) is 0 Å². The van der Waals surface area contributed by atoms with E-state index in [1.54, 1.807) is 9.80 Å². The number of benzene rings is 3. The number of ether oxygens (including phenoxy) is 3. The predicted octanol–water partition coefficient (Wildman–Crippen LogP) is 7.32. The predicted molar refractivity (Wildman–Crippen MR) is 227 cm³/mol. The van der Waals surface area contributed by atoms with Crippen LogP contribution in [-0.4, -0.2) is 106 Å². The molecule has 3 aliphatic heterocycles. The Bertz CT molecular complexity index is 1940. The maximum absolute atomic E-state index is 14.9. The Labute approximate surface area is 352 Å². The molecule has 1 aromatic heterocycles. The number of carbonyl (C=O) groups is 1. The molecule has 3 atom stereocenters. The van der Waals surface area contributed by atoms with Crippen molar-refractivity contribution in [2.24, 2.45) is 0 Å². The standard InChI is InChI=1S/C40H49F2N7O5.C5H12O/c1-4-5-6-17-40(51)25-48(38(50)49(40)29(2)3)33-10-8-31(9-11-33)45-18-20-46(21-19-45)32-12-14-34(15-13-32)52-23-37-53-26-39(54-37,24-47-28-43-27-44-47)35-16-7-30(41)22-36(35)42;1-3-5(6)4-2/h7-16,22,27-29,37,51H,4-6,17-21,23-26H2,1-3H3;5-6H,3-4H2,1-2H3/t37-,39+,40?;/m0./s1. The van der Waals surface area contributed by atoms with Gasteiger partial charge in [0, 0.05) is 60.9 Å². The van der Waals surface area contributed by atoms with E-state index in [0.717, 1.165) is 81.4 Å². The first-order valence-electron chi connectivity index (χ1n) is 21.3. The first kappa shape index (κ1) is 44.7. The summed E-state index contributed by atoms with van der Waals surface area (Å²) in [5.41, 5.74) is 0.734. The molecule has 2 amide bonds. The Morgan fingerprint density at radius 1 is 0.900 bits per heavy atom. The van der Waals surface area contributed by atoms with Crippen LogP contribution >= 0.6 is 0 Å². The normalized spacial score (nSPS) is 21.9. The van der Waals surface area contributed by atoms with Gasteiger partial charge in [-0.1, -0.05) is 39.7 Å². The number of aliphatic hydroxyl groups is 2. The number of hydrogen-bond acceptors (Lipinski definition) is 10. The number of aliphatic hydroxyl groups excluding tert-OH is 1. The van der Waals surface area contributed by atoms with Crippen molar-refractivity contribution in [1.82, 2.24) is 19.7 Å². The summed E-state index contributed by atoms with van der Waals surface area (Å²) in [4.78, 5) is 25.4. The highest BCUT2D eigenvalue weighted by Gasteiger charge is 2.50. The molecule has 326 valence electrons. The molecule has 3 aliphatic rings. The summed E-state index contributed by atoms with van der Waals surface area (Å²) in [6.45, 7) is 13.8. The van der Waals surface area contributed by atoms with E-state index >= 15 is 0 Å². The minimum absolute atomic E-state index is 0.0250. The van der Waals surface area contributed by atoms with Crippen LogP contribution in [0.5, 0.6) is 5.75 Å². The molecule has 4 heterocycles. The summed E-state index contributed by atoms with van der Waals surface area (Å²) < 4.78 is 48.4. The van der Waals surface area contributed by atoms with Crippen LogP contribution in [0.4, 0.5) is 30.6 Å². The number of anilines is 3. The average molecular weight is 834 g/mol. The number of nitrogens with zero attached hydrogens (tertiary/aromatic N) is 7. The summed E-state index contributed by atoms with van der Waals surface area (Å²) in [6.07, 6.45) is 7.33. The van der Waals surface area contributed by atoms with Gasteiger partial charge in [0.2, 0.25) is 0 Å². The largest absolute Gasteiger partial charge is 0.488 e. The molecule has 0 aliphatic carbocycles. The highest BCUT2D eigenvalue weighted by molar-refractivity contribution is 5.95. The van der Waals surface area contributed by atoms with Crippen LogP contribution in [0.1, 0.15) is 78.7 Å². The van der Waals surface area contributed by atoms with Crippen molar-refractivity contribution in [2.45, 2.75) is 109 Å². The maximum atomic E-state index is 14.9. The van der Waals surface area contributed by atoms with E-state index < -0.39 is 29.3 Å². The van der Waals surface area contributed by atoms with Gasteiger partial charge in [-0.05, 0) is 94.1 Å². The second-order valence-electron chi connectivity index (χ2n) is 16.1. The summed E-state index contributed by atoms with van der Waals surface area (Å²) in [5, 5.41) is 24.3. The summed E-state index contributed by atoms with van der Waals surface area (Å²) in [5.74, 6) is -0.764. The molecule has 13 nitrogen and oxygen atoms in total. The molecule has 2 N–H and O–H groups in total. The quantitative estimate of drug-likeness (QED) is 0.111. The average Bonchev–Trinajstić information content (AvgIpc) is 3.98. The number of halogens is 2. The first-order valence-corrected chi connectivity index (χ1v) is 21.3. The molecule has 3 aromatic carbocycles. The molecule has 3 fully saturated rings. The number of aromatic nitrogens is 3. The Kier molecular flexibility index (Phi) is 15.0. The fourth-order valence-electron chi connectivity index (χ4n) is 8.11. The highest BCUT2D eigenvalue weighted by atomic mass is 19.1. The Hall–Kier alpha value is -4.83. The summed E-state index contributed by atoms with van der Waals surface area (Å²) in [7, 11) is 0.